The minimum absolute atomic E-state index is 0.108. The van der Waals surface area contributed by atoms with E-state index in [1.165, 1.54) is 5.56 Å². The third-order valence-corrected chi connectivity index (χ3v) is 10.6. The van der Waals surface area contributed by atoms with Gasteiger partial charge in [-0.15, -0.1) is 0 Å². The molecule has 1 aromatic carbocycles. The minimum Gasteiger partial charge on any atom is -0.394 e. The Kier molecular flexibility index (Phi) is 13.5. The fourth-order valence-corrected chi connectivity index (χ4v) is 7.52. The number of aliphatic hydroxyl groups excluding tert-OH is 6. The number of fused-ring (bicyclic) bond motifs is 1. The monoisotopic (exact) mass is 745 g/mol. The van der Waals surface area contributed by atoms with Gasteiger partial charge in [-0.1, -0.05) is 30.3 Å². The average Bonchev–Trinajstić information content (AvgIpc) is 3.44. The van der Waals surface area contributed by atoms with Crippen molar-refractivity contribution >= 4 is 0 Å². The van der Waals surface area contributed by atoms with E-state index in [-0.39, 0.29) is 19.6 Å². The number of aryl methyl sites for hydroxylation is 1. The van der Waals surface area contributed by atoms with Crippen molar-refractivity contribution in [2.45, 2.75) is 148 Å². The largest absolute Gasteiger partial charge is 0.394 e. The molecule has 20 atom stereocenters. The first-order valence-corrected chi connectivity index (χ1v) is 17.9. The molecule has 0 radical (unpaired) electrons. The topological polar surface area (TPSA) is 325 Å². The van der Waals surface area contributed by atoms with Crippen LogP contribution in [0.4, 0.5) is 0 Å². The zero-order chi connectivity index (χ0) is 37.3. The predicted octanol–water partition coefficient (Wildman–Crippen LogP) is -5.45. The molecule has 1 saturated carbocycles. The van der Waals surface area contributed by atoms with E-state index >= 15 is 0 Å². The molecule has 5 aliphatic rings. The SMILES string of the molecule is NC[C@@H]1O[C@H](O[C@H]2[C@@H](O)[C@H](O[C@@H]3[C@@H](O)[C@H](N)C[C@H](N)[C@H]3O[C@H]3O[C@@H]4CO[C@@H](CCCc5ccccc5)O[C@H]4[C@H](O)[C@H]3N)O[C@@H]2CO)[C@H](N)[C@@H](O)[C@@H]1O. The summed E-state index contributed by atoms with van der Waals surface area (Å²) in [6.45, 7) is -0.685. The Labute approximate surface area is 301 Å². The summed E-state index contributed by atoms with van der Waals surface area (Å²) in [4.78, 5) is 0. The van der Waals surface area contributed by atoms with E-state index in [2.05, 4.69) is 12.1 Å². The highest BCUT2D eigenvalue weighted by atomic mass is 16.8. The highest BCUT2D eigenvalue weighted by molar-refractivity contribution is 5.14. The van der Waals surface area contributed by atoms with Crippen molar-refractivity contribution in [1.82, 2.24) is 0 Å². The molecule has 1 aliphatic carbocycles. The summed E-state index contributed by atoms with van der Waals surface area (Å²) in [7, 11) is 0. The van der Waals surface area contributed by atoms with Crippen LogP contribution in [-0.2, 0) is 44.3 Å². The molecule has 19 nitrogen and oxygen atoms in total. The molecule has 19 heteroatoms. The summed E-state index contributed by atoms with van der Waals surface area (Å²) in [6, 6.07) is 6.03. The van der Waals surface area contributed by atoms with Crippen molar-refractivity contribution < 1.29 is 68.5 Å². The first-order chi connectivity index (χ1) is 24.9. The van der Waals surface area contributed by atoms with Crippen LogP contribution in [0.1, 0.15) is 24.8 Å². The summed E-state index contributed by atoms with van der Waals surface area (Å²) >= 11 is 0. The number of hydrogen-bond acceptors (Lipinski definition) is 19. The van der Waals surface area contributed by atoms with Crippen molar-refractivity contribution in [3.05, 3.63) is 35.9 Å². The van der Waals surface area contributed by atoms with Gasteiger partial charge in [-0.2, -0.15) is 0 Å². The van der Waals surface area contributed by atoms with Gasteiger partial charge < -0.3 is 97.2 Å². The highest BCUT2D eigenvalue weighted by Gasteiger charge is 2.55. The van der Waals surface area contributed by atoms with Crippen LogP contribution in [0.2, 0.25) is 0 Å². The van der Waals surface area contributed by atoms with Gasteiger partial charge in [-0.3, -0.25) is 0 Å². The molecule has 52 heavy (non-hydrogen) atoms. The molecule has 1 aromatic rings. The lowest BCUT2D eigenvalue weighted by molar-refractivity contribution is -0.354. The zero-order valence-corrected chi connectivity index (χ0v) is 28.7. The smallest absolute Gasteiger partial charge is 0.187 e. The maximum atomic E-state index is 11.3. The summed E-state index contributed by atoms with van der Waals surface area (Å²) < 4.78 is 47.8. The Morgan fingerprint density at radius 1 is 0.673 bits per heavy atom. The van der Waals surface area contributed by atoms with Crippen LogP contribution >= 0.6 is 0 Å². The van der Waals surface area contributed by atoms with Gasteiger partial charge in [0.2, 0.25) is 0 Å². The zero-order valence-electron chi connectivity index (χ0n) is 28.7. The standard InChI is InChI=1S/C33H55N5O14/c34-10-16-23(41)24(42)20(37)31(46-16)51-28-17(11-39)47-33(26(28)44)52-30-22(40)14(35)9-15(36)27(30)50-32-21(38)25(43)29-18(48-32)12-45-19(49-29)8-4-7-13-5-2-1-3-6-13/h1-3,5-6,14-33,39-44H,4,7-12,34-38H2/t14-,15+,16+,17-,18-,19-,20-,21-,22+,23-,24-,25-,26-,27-,28-,29-,30-,31-,32-,33+/m1/s1. The molecule has 5 fully saturated rings. The molecule has 0 amide bonds. The number of hydrogen-bond donors (Lipinski definition) is 11. The molecule has 0 aromatic heterocycles. The summed E-state index contributed by atoms with van der Waals surface area (Å²) in [5.74, 6) is 0. The van der Waals surface area contributed by atoms with Gasteiger partial charge >= 0.3 is 0 Å². The van der Waals surface area contributed by atoms with Gasteiger partial charge in [0, 0.05) is 18.6 Å². The molecule has 0 spiro atoms. The molecular formula is C33H55N5O14. The van der Waals surface area contributed by atoms with E-state index in [0.29, 0.717) is 6.42 Å². The number of ether oxygens (including phenoxy) is 8. The van der Waals surface area contributed by atoms with Crippen LogP contribution < -0.4 is 28.7 Å². The Balaban J connectivity index is 1.09. The summed E-state index contributed by atoms with van der Waals surface area (Å²) in [5, 5.41) is 64.4. The summed E-state index contributed by atoms with van der Waals surface area (Å²) in [5.41, 5.74) is 32.0. The molecule has 6 rings (SSSR count). The quantitative estimate of drug-likeness (QED) is 0.0951. The van der Waals surface area contributed by atoms with Crippen LogP contribution in [0.25, 0.3) is 0 Å². The third kappa shape index (κ3) is 8.48. The minimum atomic E-state index is -1.59. The molecule has 0 unspecified atom stereocenters. The second kappa shape index (κ2) is 17.5. The lowest BCUT2D eigenvalue weighted by Gasteiger charge is -2.49. The molecule has 296 valence electrons. The van der Waals surface area contributed by atoms with E-state index in [1.807, 2.05) is 18.2 Å². The predicted molar refractivity (Wildman–Crippen MR) is 177 cm³/mol. The van der Waals surface area contributed by atoms with Crippen LogP contribution in [0, 0.1) is 0 Å². The van der Waals surface area contributed by atoms with Gasteiger partial charge in [-0.25, -0.2) is 0 Å². The van der Waals surface area contributed by atoms with Crippen LogP contribution in [0.3, 0.4) is 0 Å². The number of benzene rings is 1. The maximum absolute atomic E-state index is 11.3. The highest BCUT2D eigenvalue weighted by Crippen LogP contribution is 2.35. The second-order valence-corrected chi connectivity index (χ2v) is 14.3. The van der Waals surface area contributed by atoms with Gasteiger partial charge in [-0.05, 0) is 31.2 Å². The number of nitrogens with two attached hydrogens (primary N) is 5. The fourth-order valence-electron chi connectivity index (χ4n) is 7.52. The van der Waals surface area contributed by atoms with E-state index in [0.717, 1.165) is 12.8 Å². The molecule has 4 heterocycles. The number of aliphatic hydroxyl groups is 6. The van der Waals surface area contributed by atoms with Crippen molar-refractivity contribution in [2.75, 3.05) is 19.8 Å². The van der Waals surface area contributed by atoms with Crippen LogP contribution in [0.15, 0.2) is 30.3 Å². The first kappa shape index (κ1) is 40.1. The lowest BCUT2D eigenvalue weighted by atomic mass is 9.84. The van der Waals surface area contributed by atoms with Crippen molar-refractivity contribution in [2.24, 2.45) is 28.7 Å². The Morgan fingerprint density at radius 2 is 1.33 bits per heavy atom. The molecule has 16 N–H and O–H groups in total. The molecule has 4 saturated heterocycles. The van der Waals surface area contributed by atoms with E-state index in [1.54, 1.807) is 0 Å². The van der Waals surface area contributed by atoms with Crippen molar-refractivity contribution in [1.29, 1.82) is 0 Å². The van der Waals surface area contributed by atoms with E-state index < -0.39 is 129 Å². The molecule has 4 aliphatic heterocycles. The van der Waals surface area contributed by atoms with Crippen molar-refractivity contribution in [3.63, 3.8) is 0 Å². The van der Waals surface area contributed by atoms with Crippen molar-refractivity contribution in [3.8, 4) is 0 Å². The average molecular weight is 746 g/mol. The Morgan fingerprint density at radius 3 is 2.04 bits per heavy atom. The number of rotatable bonds is 12. The maximum Gasteiger partial charge on any atom is 0.187 e. The van der Waals surface area contributed by atoms with Crippen LogP contribution in [-0.4, -0.2) is 173 Å². The van der Waals surface area contributed by atoms with Gasteiger partial charge in [0.25, 0.3) is 0 Å². The molecule has 0 bridgehead atoms. The second-order valence-electron chi connectivity index (χ2n) is 14.3. The van der Waals surface area contributed by atoms with Gasteiger partial charge in [0.1, 0.15) is 67.1 Å². The van der Waals surface area contributed by atoms with Gasteiger partial charge in [0.15, 0.2) is 25.2 Å². The Hall–Kier alpha value is -1.54. The summed E-state index contributed by atoms with van der Waals surface area (Å²) in [6.07, 6.45) is -16.7. The van der Waals surface area contributed by atoms with E-state index in [9.17, 15) is 30.6 Å². The van der Waals surface area contributed by atoms with E-state index in [4.69, 9.17) is 66.6 Å². The third-order valence-electron chi connectivity index (χ3n) is 10.6. The normalized spacial score (nSPS) is 48.4. The first-order valence-electron chi connectivity index (χ1n) is 17.9. The Bertz CT molecular complexity index is 1260. The van der Waals surface area contributed by atoms with Crippen LogP contribution in [0.5, 0.6) is 0 Å². The van der Waals surface area contributed by atoms with Gasteiger partial charge in [0.05, 0.1) is 31.4 Å². The fraction of sp³-hybridized carbons (Fsp3) is 0.818. The lowest BCUT2D eigenvalue weighted by Crippen LogP contribution is -2.69. The molecular weight excluding hydrogens is 690 g/mol.